The molecule has 1 atom stereocenters. The molecule has 2 aromatic carbocycles. The maximum Gasteiger partial charge on any atom is 0.315 e. The van der Waals surface area contributed by atoms with E-state index in [0.717, 1.165) is 24.8 Å². The van der Waals surface area contributed by atoms with Crippen LogP contribution < -0.4 is 20.1 Å². The van der Waals surface area contributed by atoms with E-state index < -0.39 is 0 Å². The van der Waals surface area contributed by atoms with Crippen LogP contribution in [0.15, 0.2) is 42.5 Å². The maximum absolute atomic E-state index is 12.4. The van der Waals surface area contributed by atoms with Crippen molar-refractivity contribution < 1.29 is 14.3 Å². The smallest absolute Gasteiger partial charge is 0.315 e. The van der Waals surface area contributed by atoms with Gasteiger partial charge in [-0.05, 0) is 42.2 Å². The van der Waals surface area contributed by atoms with E-state index in [2.05, 4.69) is 33.8 Å². The van der Waals surface area contributed by atoms with Crippen molar-refractivity contribution in [2.45, 2.75) is 31.8 Å². The summed E-state index contributed by atoms with van der Waals surface area (Å²) < 4.78 is 10.5. The van der Waals surface area contributed by atoms with Crippen molar-refractivity contribution >= 4 is 16.9 Å². The number of carbonyl (C=O) groups excluding carboxylic acids is 1. The number of nitrogens with one attached hydrogen (secondary N) is 3. The van der Waals surface area contributed by atoms with E-state index in [1.165, 1.54) is 22.2 Å². The number of aromatic amines is 1. The lowest BCUT2D eigenvalue weighted by Crippen LogP contribution is -2.44. The Kier molecular flexibility index (Phi) is 5.10. The molecule has 6 nitrogen and oxygen atoms in total. The van der Waals surface area contributed by atoms with Crippen molar-refractivity contribution in [2.75, 3.05) is 14.2 Å². The van der Waals surface area contributed by atoms with Crippen molar-refractivity contribution in [3.63, 3.8) is 0 Å². The predicted octanol–water partition coefficient (Wildman–Crippen LogP) is 3.54. The molecule has 28 heavy (non-hydrogen) atoms. The molecule has 0 fully saturated rings. The standard InChI is InChI=1S/C22H25N3O3/c1-27-20-10-7-14(11-21(20)28-2)13-23-22(26)24-15-8-9-17-16-5-3-4-6-18(16)25-19(17)12-15/h3-7,10-11,15,25H,8-9,12-13H2,1-2H3,(H2,23,24,26). The number of aromatic nitrogens is 1. The van der Waals surface area contributed by atoms with Gasteiger partial charge in [-0.2, -0.15) is 0 Å². The molecule has 3 aromatic rings. The summed E-state index contributed by atoms with van der Waals surface area (Å²) in [6.45, 7) is 0.427. The second-order valence-corrected chi connectivity index (χ2v) is 7.08. The third-order valence-electron chi connectivity index (χ3n) is 5.33. The molecule has 0 bridgehead atoms. The van der Waals surface area contributed by atoms with Crippen molar-refractivity contribution in [1.82, 2.24) is 15.6 Å². The molecule has 1 aliphatic rings. The number of hydrogen-bond donors (Lipinski definition) is 3. The van der Waals surface area contributed by atoms with E-state index in [1.807, 2.05) is 24.3 Å². The molecule has 146 valence electrons. The number of hydrogen-bond acceptors (Lipinski definition) is 3. The summed E-state index contributed by atoms with van der Waals surface area (Å²) >= 11 is 0. The Labute approximate surface area is 164 Å². The lowest BCUT2D eigenvalue weighted by Gasteiger charge is -2.23. The molecular formula is C22H25N3O3. The number of carbonyl (C=O) groups is 1. The molecule has 0 saturated heterocycles. The van der Waals surface area contributed by atoms with Crippen LogP contribution in [0.25, 0.3) is 10.9 Å². The first-order valence-corrected chi connectivity index (χ1v) is 9.51. The summed E-state index contributed by atoms with van der Waals surface area (Å²) in [5.74, 6) is 1.33. The van der Waals surface area contributed by atoms with Gasteiger partial charge < -0.3 is 25.1 Å². The zero-order valence-electron chi connectivity index (χ0n) is 16.2. The van der Waals surface area contributed by atoms with E-state index in [9.17, 15) is 4.79 Å². The number of methoxy groups -OCH3 is 2. The van der Waals surface area contributed by atoms with E-state index in [4.69, 9.17) is 9.47 Å². The Morgan fingerprint density at radius 2 is 1.96 bits per heavy atom. The number of para-hydroxylation sites is 1. The molecule has 1 unspecified atom stereocenters. The first kappa shape index (κ1) is 18.2. The topological polar surface area (TPSA) is 75.4 Å². The van der Waals surface area contributed by atoms with Crippen LogP contribution in [0.1, 0.15) is 23.2 Å². The second kappa shape index (κ2) is 7.84. The number of fused-ring (bicyclic) bond motifs is 3. The molecule has 0 saturated carbocycles. The van der Waals surface area contributed by atoms with E-state index in [1.54, 1.807) is 14.2 Å². The van der Waals surface area contributed by atoms with Gasteiger partial charge in [-0.3, -0.25) is 0 Å². The predicted molar refractivity (Wildman–Crippen MR) is 109 cm³/mol. The summed E-state index contributed by atoms with van der Waals surface area (Å²) in [5.41, 5.74) is 4.75. The van der Waals surface area contributed by atoms with Crippen molar-refractivity contribution in [2.24, 2.45) is 0 Å². The van der Waals surface area contributed by atoms with Crippen molar-refractivity contribution in [3.05, 3.63) is 59.3 Å². The van der Waals surface area contributed by atoms with Crippen LogP contribution in [-0.2, 0) is 19.4 Å². The van der Waals surface area contributed by atoms with Gasteiger partial charge in [0.15, 0.2) is 11.5 Å². The minimum Gasteiger partial charge on any atom is -0.493 e. The Morgan fingerprint density at radius 1 is 1.14 bits per heavy atom. The number of aryl methyl sites for hydroxylation is 1. The van der Waals surface area contributed by atoms with Gasteiger partial charge in [0.2, 0.25) is 0 Å². The fraction of sp³-hybridized carbons (Fsp3) is 0.318. The fourth-order valence-corrected chi connectivity index (χ4v) is 3.92. The largest absolute Gasteiger partial charge is 0.493 e. The van der Waals surface area contributed by atoms with Gasteiger partial charge in [0.05, 0.1) is 14.2 Å². The Morgan fingerprint density at radius 3 is 2.79 bits per heavy atom. The highest BCUT2D eigenvalue weighted by atomic mass is 16.5. The van der Waals surface area contributed by atoms with Gasteiger partial charge in [-0.25, -0.2) is 4.79 Å². The molecule has 1 heterocycles. The highest BCUT2D eigenvalue weighted by Crippen LogP contribution is 2.29. The molecular weight excluding hydrogens is 354 g/mol. The van der Waals surface area contributed by atoms with Gasteiger partial charge in [0.1, 0.15) is 0 Å². The third-order valence-corrected chi connectivity index (χ3v) is 5.33. The maximum atomic E-state index is 12.4. The molecule has 0 spiro atoms. The van der Waals surface area contributed by atoms with E-state index >= 15 is 0 Å². The molecule has 4 rings (SSSR count). The normalized spacial score (nSPS) is 15.7. The number of amides is 2. The number of rotatable bonds is 5. The van der Waals surface area contributed by atoms with Crippen LogP contribution in [0.3, 0.4) is 0 Å². The molecule has 1 aromatic heterocycles. The highest BCUT2D eigenvalue weighted by molar-refractivity contribution is 5.85. The Hall–Kier alpha value is -3.15. The average Bonchev–Trinajstić information content (AvgIpc) is 3.09. The first-order valence-electron chi connectivity index (χ1n) is 9.51. The quantitative estimate of drug-likeness (QED) is 0.635. The third kappa shape index (κ3) is 3.63. The average molecular weight is 379 g/mol. The SMILES string of the molecule is COc1ccc(CNC(=O)NC2CCc3c([nH]c4ccccc34)C2)cc1OC. The number of H-pyrrole nitrogens is 1. The summed E-state index contributed by atoms with van der Waals surface area (Å²) in [6, 6.07) is 14.0. The number of urea groups is 1. The summed E-state index contributed by atoms with van der Waals surface area (Å²) in [4.78, 5) is 15.9. The van der Waals surface area contributed by atoms with Crippen LogP contribution in [0, 0.1) is 0 Å². The number of ether oxygens (including phenoxy) is 2. The van der Waals surface area contributed by atoms with Gasteiger partial charge >= 0.3 is 6.03 Å². The zero-order chi connectivity index (χ0) is 19.5. The minimum atomic E-state index is -0.153. The zero-order valence-corrected chi connectivity index (χ0v) is 16.2. The molecule has 2 amide bonds. The second-order valence-electron chi connectivity index (χ2n) is 7.08. The lowest BCUT2D eigenvalue weighted by molar-refractivity contribution is 0.235. The van der Waals surface area contributed by atoms with E-state index in [0.29, 0.717) is 18.0 Å². The van der Waals surface area contributed by atoms with E-state index in [-0.39, 0.29) is 12.1 Å². The number of benzene rings is 2. The monoisotopic (exact) mass is 379 g/mol. The molecule has 6 heteroatoms. The highest BCUT2D eigenvalue weighted by Gasteiger charge is 2.23. The summed E-state index contributed by atoms with van der Waals surface area (Å²) in [7, 11) is 3.20. The minimum absolute atomic E-state index is 0.131. The van der Waals surface area contributed by atoms with Gasteiger partial charge in [-0.1, -0.05) is 24.3 Å². The van der Waals surface area contributed by atoms with Gasteiger partial charge in [0.25, 0.3) is 0 Å². The van der Waals surface area contributed by atoms with Gasteiger partial charge in [0, 0.05) is 35.6 Å². The lowest BCUT2D eigenvalue weighted by atomic mass is 9.92. The van der Waals surface area contributed by atoms with Crippen LogP contribution in [0.4, 0.5) is 4.79 Å². The van der Waals surface area contributed by atoms with Crippen molar-refractivity contribution in [1.29, 1.82) is 0 Å². The van der Waals surface area contributed by atoms with Crippen molar-refractivity contribution in [3.8, 4) is 11.5 Å². The molecule has 0 radical (unpaired) electrons. The first-order chi connectivity index (χ1) is 13.7. The van der Waals surface area contributed by atoms with Crippen LogP contribution in [0.2, 0.25) is 0 Å². The Bertz CT molecular complexity index is 996. The van der Waals surface area contributed by atoms with Crippen LogP contribution in [0.5, 0.6) is 11.5 Å². The summed E-state index contributed by atoms with van der Waals surface area (Å²) in [5, 5.41) is 7.33. The molecule has 0 aliphatic heterocycles. The van der Waals surface area contributed by atoms with Crippen LogP contribution in [-0.4, -0.2) is 31.3 Å². The van der Waals surface area contributed by atoms with Gasteiger partial charge in [-0.15, -0.1) is 0 Å². The fourth-order valence-electron chi connectivity index (χ4n) is 3.92. The van der Waals surface area contributed by atoms with Crippen LogP contribution >= 0.6 is 0 Å². The Balaban J connectivity index is 1.34. The molecule has 1 aliphatic carbocycles. The summed E-state index contributed by atoms with van der Waals surface area (Å²) in [6.07, 6.45) is 2.74. The molecule has 3 N–H and O–H groups in total.